The Labute approximate surface area is 122 Å². The van der Waals surface area contributed by atoms with Gasteiger partial charge in [0, 0.05) is 0 Å². The minimum Gasteiger partial charge on any atom is -0.357 e. The number of fused-ring (bicyclic) bond motifs is 1. The molecule has 0 bridgehead atoms. The summed E-state index contributed by atoms with van der Waals surface area (Å²) in [4.78, 5) is 11.3. The van der Waals surface area contributed by atoms with E-state index in [2.05, 4.69) is 0 Å². The maximum absolute atomic E-state index is 13.2. The zero-order chi connectivity index (χ0) is 14.9. The molecule has 0 fully saturated rings. The third kappa shape index (κ3) is 2.41. The van der Waals surface area contributed by atoms with Gasteiger partial charge in [0.05, 0.1) is 6.61 Å². The molecule has 1 unspecified atom stereocenters. The highest BCUT2D eigenvalue weighted by Crippen LogP contribution is 2.43. The quantitative estimate of drug-likeness (QED) is 0.802. The molecular weight excluding hydrogens is 267 g/mol. The van der Waals surface area contributed by atoms with Crippen molar-refractivity contribution in [3.8, 4) is 0 Å². The zero-order valence-electron chi connectivity index (χ0n) is 11.7. The first-order valence-electron chi connectivity index (χ1n) is 6.80. The molecule has 0 saturated carbocycles. The van der Waals surface area contributed by atoms with Crippen molar-refractivity contribution < 1.29 is 13.9 Å². The van der Waals surface area contributed by atoms with Crippen LogP contribution >= 0.6 is 0 Å². The average molecular weight is 282 g/mol. The average Bonchev–Trinajstić information content (AvgIpc) is 2.86. The Morgan fingerprint density at radius 2 is 1.90 bits per heavy atom. The standard InChI is InChI=1S/C18H15FO2/c1-13(20)10-11-18(15-6-8-16(19)9-7-15)17-5-3-2-4-14(17)12-21-18/h2-11H,12H2,1H3/b11-10+. The van der Waals surface area contributed by atoms with Crippen molar-refractivity contribution in [2.45, 2.75) is 19.1 Å². The number of hydrogen-bond donors (Lipinski definition) is 0. The monoisotopic (exact) mass is 282 g/mol. The molecule has 0 saturated heterocycles. The molecule has 0 aliphatic carbocycles. The first-order valence-corrected chi connectivity index (χ1v) is 6.80. The van der Waals surface area contributed by atoms with Crippen molar-refractivity contribution in [1.82, 2.24) is 0 Å². The molecule has 21 heavy (non-hydrogen) atoms. The summed E-state index contributed by atoms with van der Waals surface area (Å²) in [6.07, 6.45) is 3.26. The molecule has 2 aromatic carbocycles. The molecular formula is C18H15FO2. The maximum Gasteiger partial charge on any atom is 0.152 e. The van der Waals surface area contributed by atoms with Gasteiger partial charge in [-0.25, -0.2) is 4.39 Å². The lowest BCUT2D eigenvalue weighted by Gasteiger charge is -2.27. The van der Waals surface area contributed by atoms with Crippen LogP contribution in [-0.2, 0) is 21.7 Å². The SMILES string of the molecule is CC(=O)/C=C/C1(c2ccc(F)cc2)OCc2ccccc21. The number of allylic oxidation sites excluding steroid dienone is 1. The van der Waals surface area contributed by atoms with Gasteiger partial charge in [0.25, 0.3) is 0 Å². The Kier molecular flexibility index (Phi) is 3.43. The lowest BCUT2D eigenvalue weighted by Crippen LogP contribution is -2.24. The van der Waals surface area contributed by atoms with Crippen molar-refractivity contribution in [2.75, 3.05) is 0 Å². The second kappa shape index (κ2) is 5.26. The fourth-order valence-corrected chi connectivity index (χ4v) is 2.68. The fraction of sp³-hybridized carbons (Fsp3) is 0.167. The second-order valence-electron chi connectivity index (χ2n) is 5.13. The summed E-state index contributed by atoms with van der Waals surface area (Å²) in [6, 6.07) is 14.1. The van der Waals surface area contributed by atoms with Crippen LogP contribution in [0, 0.1) is 5.82 Å². The number of ether oxygens (including phenoxy) is 1. The summed E-state index contributed by atoms with van der Waals surface area (Å²) in [6.45, 7) is 1.96. The van der Waals surface area contributed by atoms with E-state index in [0.717, 1.165) is 16.7 Å². The molecule has 1 aliphatic heterocycles. The Morgan fingerprint density at radius 1 is 1.19 bits per heavy atom. The second-order valence-corrected chi connectivity index (χ2v) is 5.13. The van der Waals surface area contributed by atoms with Crippen LogP contribution in [0.2, 0.25) is 0 Å². The van der Waals surface area contributed by atoms with Crippen LogP contribution in [0.4, 0.5) is 4.39 Å². The van der Waals surface area contributed by atoms with Gasteiger partial charge in [0.15, 0.2) is 5.78 Å². The number of rotatable bonds is 3. The van der Waals surface area contributed by atoms with Crippen molar-refractivity contribution in [3.05, 3.63) is 83.2 Å². The van der Waals surface area contributed by atoms with Gasteiger partial charge in [0.1, 0.15) is 11.4 Å². The summed E-state index contributed by atoms with van der Waals surface area (Å²) in [5.74, 6) is -0.347. The minimum absolute atomic E-state index is 0.0514. The van der Waals surface area contributed by atoms with Gasteiger partial charge in [-0.15, -0.1) is 0 Å². The van der Waals surface area contributed by atoms with Crippen LogP contribution < -0.4 is 0 Å². The van der Waals surface area contributed by atoms with E-state index in [4.69, 9.17) is 4.74 Å². The van der Waals surface area contributed by atoms with Gasteiger partial charge in [-0.05, 0) is 47.9 Å². The van der Waals surface area contributed by atoms with Gasteiger partial charge in [0.2, 0.25) is 0 Å². The highest BCUT2D eigenvalue weighted by Gasteiger charge is 2.39. The van der Waals surface area contributed by atoms with Crippen molar-refractivity contribution in [2.24, 2.45) is 0 Å². The predicted molar refractivity (Wildman–Crippen MR) is 78.2 cm³/mol. The van der Waals surface area contributed by atoms with Crippen LogP contribution in [-0.4, -0.2) is 5.78 Å². The van der Waals surface area contributed by atoms with E-state index in [1.54, 1.807) is 18.2 Å². The molecule has 0 N–H and O–H groups in total. The molecule has 2 aromatic rings. The first-order chi connectivity index (χ1) is 10.1. The number of benzene rings is 2. The molecule has 3 heteroatoms. The minimum atomic E-state index is -0.823. The van der Waals surface area contributed by atoms with Gasteiger partial charge < -0.3 is 4.74 Å². The van der Waals surface area contributed by atoms with Crippen LogP contribution in [0.1, 0.15) is 23.6 Å². The van der Waals surface area contributed by atoms with Crippen LogP contribution in [0.5, 0.6) is 0 Å². The number of halogens is 1. The Bertz CT molecular complexity index is 703. The van der Waals surface area contributed by atoms with Gasteiger partial charge in [-0.2, -0.15) is 0 Å². The molecule has 106 valence electrons. The molecule has 3 rings (SSSR count). The Morgan fingerprint density at radius 3 is 2.62 bits per heavy atom. The van der Waals surface area contributed by atoms with E-state index in [1.807, 2.05) is 24.3 Å². The van der Waals surface area contributed by atoms with E-state index < -0.39 is 5.60 Å². The van der Waals surface area contributed by atoms with E-state index in [1.165, 1.54) is 25.1 Å². The lowest BCUT2D eigenvalue weighted by atomic mass is 9.85. The summed E-state index contributed by atoms with van der Waals surface area (Å²) < 4.78 is 19.2. The highest BCUT2D eigenvalue weighted by atomic mass is 19.1. The molecule has 2 nitrogen and oxygen atoms in total. The Hall–Kier alpha value is -2.26. The number of carbonyl (C=O) groups excluding carboxylic acids is 1. The fourth-order valence-electron chi connectivity index (χ4n) is 2.68. The number of carbonyl (C=O) groups is 1. The molecule has 1 aliphatic rings. The number of hydrogen-bond acceptors (Lipinski definition) is 2. The molecule has 1 atom stereocenters. The van der Waals surface area contributed by atoms with E-state index >= 15 is 0 Å². The summed E-state index contributed by atoms with van der Waals surface area (Å²) in [7, 11) is 0. The van der Waals surface area contributed by atoms with Crippen molar-refractivity contribution in [3.63, 3.8) is 0 Å². The topological polar surface area (TPSA) is 26.3 Å². The lowest BCUT2D eigenvalue weighted by molar-refractivity contribution is -0.112. The summed E-state index contributed by atoms with van der Waals surface area (Å²) >= 11 is 0. The zero-order valence-corrected chi connectivity index (χ0v) is 11.7. The number of ketones is 1. The molecule has 0 aromatic heterocycles. The van der Waals surface area contributed by atoms with Crippen LogP contribution in [0.3, 0.4) is 0 Å². The summed E-state index contributed by atoms with van der Waals surface area (Å²) in [5, 5.41) is 0. The van der Waals surface area contributed by atoms with Gasteiger partial charge in [-0.1, -0.05) is 36.4 Å². The smallest absolute Gasteiger partial charge is 0.152 e. The van der Waals surface area contributed by atoms with E-state index in [0.29, 0.717) is 6.61 Å². The predicted octanol–water partition coefficient (Wildman–Crippen LogP) is 3.74. The van der Waals surface area contributed by atoms with E-state index in [9.17, 15) is 9.18 Å². The van der Waals surface area contributed by atoms with Crippen LogP contribution in [0.25, 0.3) is 0 Å². The molecule has 0 spiro atoms. The first kappa shape index (κ1) is 13.7. The van der Waals surface area contributed by atoms with Gasteiger partial charge >= 0.3 is 0 Å². The summed E-state index contributed by atoms with van der Waals surface area (Å²) in [5.41, 5.74) is 2.06. The third-order valence-electron chi connectivity index (χ3n) is 3.70. The van der Waals surface area contributed by atoms with Crippen molar-refractivity contribution >= 4 is 5.78 Å². The largest absolute Gasteiger partial charge is 0.357 e. The third-order valence-corrected chi connectivity index (χ3v) is 3.70. The normalized spacial score (nSPS) is 20.7. The van der Waals surface area contributed by atoms with E-state index in [-0.39, 0.29) is 11.6 Å². The molecule has 0 radical (unpaired) electrons. The molecule has 1 heterocycles. The maximum atomic E-state index is 13.2. The van der Waals surface area contributed by atoms with Crippen LogP contribution in [0.15, 0.2) is 60.7 Å². The van der Waals surface area contributed by atoms with Gasteiger partial charge in [-0.3, -0.25) is 4.79 Å². The Balaban J connectivity index is 2.18. The van der Waals surface area contributed by atoms with Crippen molar-refractivity contribution in [1.29, 1.82) is 0 Å². The highest BCUT2D eigenvalue weighted by molar-refractivity contribution is 5.87. The molecule has 0 amide bonds.